The molecule has 2 heterocycles. The molecule has 1 saturated heterocycles. The van der Waals surface area contributed by atoms with Crippen LogP contribution >= 0.6 is 0 Å². The molecular formula is C22H27N5O4S. The maximum absolute atomic E-state index is 13.1. The Bertz CT molecular complexity index is 1140. The number of methoxy groups -OCH3 is 1. The number of carbonyl (C=O) groups is 1. The predicted molar refractivity (Wildman–Crippen MR) is 120 cm³/mol. The highest BCUT2D eigenvalue weighted by atomic mass is 32.2. The summed E-state index contributed by atoms with van der Waals surface area (Å²) >= 11 is 0. The number of aromatic nitrogens is 1. The summed E-state index contributed by atoms with van der Waals surface area (Å²) in [6.45, 7) is 7.11. The van der Waals surface area contributed by atoms with Crippen molar-refractivity contribution in [3.05, 3.63) is 47.7 Å². The van der Waals surface area contributed by atoms with Crippen molar-refractivity contribution in [3.63, 3.8) is 0 Å². The van der Waals surface area contributed by atoms with E-state index < -0.39 is 15.6 Å². The van der Waals surface area contributed by atoms with Crippen LogP contribution in [0.2, 0.25) is 0 Å². The molecular weight excluding hydrogens is 430 g/mol. The van der Waals surface area contributed by atoms with Gasteiger partial charge in [-0.15, -0.1) is 0 Å². The third-order valence-electron chi connectivity index (χ3n) is 4.91. The highest BCUT2D eigenvalue weighted by Crippen LogP contribution is 2.27. The molecule has 1 amide bonds. The average Bonchev–Trinajstić information content (AvgIpc) is 2.76. The Morgan fingerprint density at radius 1 is 1.19 bits per heavy atom. The number of pyridine rings is 1. The second-order valence-electron chi connectivity index (χ2n) is 8.49. The molecule has 1 aliphatic heterocycles. The number of nitriles is 1. The van der Waals surface area contributed by atoms with Gasteiger partial charge in [0.2, 0.25) is 10.0 Å². The van der Waals surface area contributed by atoms with E-state index in [0.29, 0.717) is 37.6 Å². The minimum absolute atomic E-state index is 0.0773. The van der Waals surface area contributed by atoms with E-state index in [9.17, 15) is 18.5 Å². The molecule has 1 N–H and O–H groups in total. The van der Waals surface area contributed by atoms with Gasteiger partial charge in [0.05, 0.1) is 12.7 Å². The van der Waals surface area contributed by atoms with E-state index in [4.69, 9.17) is 4.74 Å². The number of carbonyl (C=O) groups excluding carboxylic acids is 1. The van der Waals surface area contributed by atoms with Gasteiger partial charge in [-0.3, -0.25) is 4.79 Å². The first-order valence-corrected chi connectivity index (χ1v) is 11.7. The zero-order valence-corrected chi connectivity index (χ0v) is 19.4. The van der Waals surface area contributed by atoms with Crippen molar-refractivity contribution >= 4 is 21.7 Å². The molecule has 9 nitrogen and oxygen atoms in total. The highest BCUT2D eigenvalue weighted by Gasteiger charge is 2.29. The maximum Gasteiger partial charge on any atom is 0.254 e. The van der Waals surface area contributed by atoms with Gasteiger partial charge in [-0.2, -0.15) is 5.26 Å². The minimum Gasteiger partial charge on any atom is -0.495 e. The molecule has 0 atom stereocenters. The molecule has 0 spiro atoms. The van der Waals surface area contributed by atoms with Crippen molar-refractivity contribution in [2.24, 2.45) is 0 Å². The third-order valence-corrected chi connectivity index (χ3v) is 6.69. The molecule has 3 rings (SSSR count). The molecule has 0 aliphatic carbocycles. The van der Waals surface area contributed by atoms with Crippen molar-refractivity contribution in [1.29, 1.82) is 5.26 Å². The fourth-order valence-corrected chi connectivity index (χ4v) is 5.13. The Morgan fingerprint density at radius 2 is 1.88 bits per heavy atom. The molecule has 0 saturated carbocycles. The first kappa shape index (κ1) is 23.5. The zero-order valence-electron chi connectivity index (χ0n) is 18.6. The molecule has 170 valence electrons. The van der Waals surface area contributed by atoms with E-state index in [2.05, 4.69) is 15.8 Å². The number of amides is 1. The van der Waals surface area contributed by atoms with E-state index in [1.165, 1.54) is 19.2 Å². The molecule has 32 heavy (non-hydrogen) atoms. The molecule has 0 bridgehead atoms. The summed E-state index contributed by atoms with van der Waals surface area (Å²) in [5.74, 6) is 0.511. The van der Waals surface area contributed by atoms with Crippen molar-refractivity contribution < 1.29 is 17.9 Å². The second-order valence-corrected chi connectivity index (χ2v) is 10.1. The summed E-state index contributed by atoms with van der Waals surface area (Å²) in [4.78, 5) is 21.0. The molecule has 1 fully saturated rings. The van der Waals surface area contributed by atoms with Crippen molar-refractivity contribution in [1.82, 2.24) is 14.6 Å². The van der Waals surface area contributed by atoms with Crippen molar-refractivity contribution in [3.8, 4) is 11.8 Å². The number of anilines is 1. The minimum atomic E-state index is -3.89. The van der Waals surface area contributed by atoms with E-state index in [1.807, 2.05) is 4.90 Å². The number of nitrogens with one attached hydrogen (secondary N) is 1. The van der Waals surface area contributed by atoms with E-state index in [-0.39, 0.29) is 22.1 Å². The number of hydrogen-bond acceptors (Lipinski definition) is 7. The Kier molecular flexibility index (Phi) is 6.71. The molecule has 2 aromatic rings. The number of piperazine rings is 1. The number of hydrogen-bond donors (Lipinski definition) is 1. The van der Waals surface area contributed by atoms with E-state index in [0.717, 1.165) is 0 Å². The Morgan fingerprint density at radius 3 is 2.47 bits per heavy atom. The van der Waals surface area contributed by atoms with Gasteiger partial charge >= 0.3 is 0 Å². The number of rotatable bonds is 5. The highest BCUT2D eigenvalue weighted by molar-refractivity contribution is 7.89. The Labute approximate surface area is 188 Å². The first-order valence-electron chi connectivity index (χ1n) is 10.2. The van der Waals surface area contributed by atoms with Gasteiger partial charge in [-0.25, -0.2) is 18.1 Å². The Balaban J connectivity index is 1.80. The first-order chi connectivity index (χ1) is 15.1. The maximum atomic E-state index is 13.1. The van der Waals surface area contributed by atoms with Crippen LogP contribution in [0.15, 0.2) is 41.4 Å². The largest absolute Gasteiger partial charge is 0.495 e. The quantitative estimate of drug-likeness (QED) is 0.730. The van der Waals surface area contributed by atoms with Crippen LogP contribution in [0.3, 0.4) is 0 Å². The SMILES string of the molecule is COc1ccc(C(=O)N2CCN(c3ncccc3C#N)CC2)cc1S(=O)(=O)NC(C)(C)C. The van der Waals surface area contributed by atoms with Crippen LogP contribution in [0.1, 0.15) is 36.7 Å². The summed E-state index contributed by atoms with van der Waals surface area (Å²) in [5.41, 5.74) is 0.0706. The normalized spacial score (nSPS) is 14.7. The molecule has 1 aliphatic rings. The van der Waals surface area contributed by atoms with Crippen molar-refractivity contribution in [2.75, 3.05) is 38.2 Å². The standard InChI is InChI=1S/C22H27N5O4S/c1-22(2,3)25-32(29,30)19-14-16(7-8-18(19)31-4)21(28)27-12-10-26(11-13-27)20-17(15-23)6-5-9-24-20/h5-9,14,25H,10-13H2,1-4H3. The summed E-state index contributed by atoms with van der Waals surface area (Å²) in [6, 6.07) is 9.98. The third kappa shape index (κ3) is 5.18. The molecule has 1 aromatic heterocycles. The fraction of sp³-hybridized carbons (Fsp3) is 0.409. The van der Waals surface area contributed by atoms with Crippen molar-refractivity contribution in [2.45, 2.75) is 31.2 Å². The summed E-state index contributed by atoms with van der Waals surface area (Å²) in [5, 5.41) is 9.30. The second kappa shape index (κ2) is 9.14. The topological polar surface area (TPSA) is 116 Å². The molecule has 1 aromatic carbocycles. The van der Waals surface area contributed by atoms with Gasteiger partial charge in [0.15, 0.2) is 0 Å². The van der Waals surface area contributed by atoms with Crippen LogP contribution in [0.25, 0.3) is 0 Å². The Hall–Kier alpha value is -3.16. The van der Waals surface area contributed by atoms with Crippen LogP contribution in [-0.4, -0.2) is 63.0 Å². The number of benzene rings is 1. The number of sulfonamides is 1. The average molecular weight is 458 g/mol. The van der Waals surface area contributed by atoms with Gasteiger partial charge in [-0.05, 0) is 51.1 Å². The van der Waals surface area contributed by atoms with E-state index in [1.54, 1.807) is 50.1 Å². The number of nitrogens with zero attached hydrogens (tertiary/aromatic N) is 4. The van der Waals surface area contributed by atoms with Gasteiger partial charge in [0, 0.05) is 43.5 Å². The predicted octanol–water partition coefficient (Wildman–Crippen LogP) is 2.00. The zero-order chi connectivity index (χ0) is 23.5. The molecule has 10 heteroatoms. The smallest absolute Gasteiger partial charge is 0.254 e. The fourth-order valence-electron chi connectivity index (χ4n) is 3.52. The lowest BCUT2D eigenvalue weighted by Crippen LogP contribution is -2.49. The van der Waals surface area contributed by atoms with E-state index >= 15 is 0 Å². The monoisotopic (exact) mass is 457 g/mol. The van der Waals surface area contributed by atoms with Gasteiger partial charge < -0.3 is 14.5 Å². The molecule has 0 unspecified atom stereocenters. The summed E-state index contributed by atoms with van der Waals surface area (Å²) in [7, 11) is -2.50. The lowest BCUT2D eigenvalue weighted by molar-refractivity contribution is 0.0746. The van der Waals surface area contributed by atoms with Crippen LogP contribution in [-0.2, 0) is 10.0 Å². The van der Waals surface area contributed by atoms with Crippen LogP contribution in [0.4, 0.5) is 5.82 Å². The lowest BCUT2D eigenvalue weighted by Gasteiger charge is -2.35. The lowest BCUT2D eigenvalue weighted by atomic mass is 10.1. The van der Waals surface area contributed by atoms with Gasteiger partial charge in [0.1, 0.15) is 22.5 Å². The van der Waals surface area contributed by atoms with Crippen LogP contribution in [0.5, 0.6) is 5.75 Å². The van der Waals surface area contributed by atoms with Gasteiger partial charge in [-0.1, -0.05) is 0 Å². The van der Waals surface area contributed by atoms with Crippen LogP contribution in [0, 0.1) is 11.3 Å². The summed E-state index contributed by atoms with van der Waals surface area (Å²) in [6.07, 6.45) is 1.64. The number of ether oxygens (including phenoxy) is 1. The molecule has 0 radical (unpaired) electrons. The van der Waals surface area contributed by atoms with Gasteiger partial charge in [0.25, 0.3) is 5.91 Å². The van der Waals surface area contributed by atoms with Crippen LogP contribution < -0.4 is 14.4 Å². The summed E-state index contributed by atoms with van der Waals surface area (Å²) < 4.78 is 33.6.